The van der Waals surface area contributed by atoms with Crippen LogP contribution in [0.15, 0.2) is 30.3 Å². The molecule has 1 heterocycles. The molecular formula is C21H23FO3S. The molecule has 1 aliphatic carbocycles. The lowest BCUT2D eigenvalue weighted by Gasteiger charge is -2.23. The molecule has 2 aliphatic rings. The molecule has 1 N–H and O–H groups in total. The van der Waals surface area contributed by atoms with Crippen molar-refractivity contribution in [2.45, 2.75) is 44.8 Å². The van der Waals surface area contributed by atoms with E-state index in [-0.39, 0.29) is 18.5 Å². The largest absolute Gasteiger partial charge is 0.490 e. The zero-order chi connectivity index (χ0) is 18.1. The summed E-state index contributed by atoms with van der Waals surface area (Å²) in [5, 5.41) is 9.40. The van der Waals surface area contributed by atoms with Gasteiger partial charge >= 0.3 is 0 Å². The maximum absolute atomic E-state index is 14.0. The predicted molar refractivity (Wildman–Crippen MR) is 101 cm³/mol. The molecule has 0 radical (unpaired) electrons. The molecule has 0 bridgehead atoms. The Morgan fingerprint density at radius 2 is 1.81 bits per heavy atom. The van der Waals surface area contributed by atoms with Gasteiger partial charge in [0.15, 0.2) is 0 Å². The number of ether oxygens (including phenoxy) is 1. The molecule has 1 saturated heterocycles. The highest BCUT2D eigenvalue weighted by Crippen LogP contribution is 2.36. The summed E-state index contributed by atoms with van der Waals surface area (Å²) in [7, 11) is -0.684. The average Bonchev–Trinajstić information content (AvgIpc) is 2.81. The summed E-state index contributed by atoms with van der Waals surface area (Å²) in [4.78, 5) is 0. The zero-order valence-corrected chi connectivity index (χ0v) is 15.5. The van der Waals surface area contributed by atoms with E-state index in [1.54, 1.807) is 12.1 Å². The first kappa shape index (κ1) is 17.7. The normalized spacial score (nSPS) is 22.2. The smallest absolute Gasteiger partial charge is 0.129 e. The first-order valence-corrected chi connectivity index (χ1v) is 10.7. The molecule has 1 aliphatic heterocycles. The van der Waals surface area contributed by atoms with E-state index in [1.807, 2.05) is 6.07 Å². The quantitative estimate of drug-likeness (QED) is 0.890. The highest BCUT2D eigenvalue weighted by atomic mass is 32.2. The molecule has 2 aromatic carbocycles. The second-order valence-electron chi connectivity index (χ2n) is 7.10. The van der Waals surface area contributed by atoms with E-state index < -0.39 is 10.8 Å². The molecule has 0 spiro atoms. The summed E-state index contributed by atoms with van der Waals surface area (Å²) in [6.07, 6.45) is 4.53. The Hall–Kier alpha value is -1.72. The van der Waals surface area contributed by atoms with Gasteiger partial charge in [0.1, 0.15) is 17.7 Å². The Bertz CT molecular complexity index is 839. The van der Waals surface area contributed by atoms with Crippen LogP contribution in [-0.4, -0.2) is 26.9 Å². The van der Waals surface area contributed by atoms with Gasteiger partial charge in [0.25, 0.3) is 0 Å². The fourth-order valence-corrected chi connectivity index (χ4v) is 5.16. The van der Waals surface area contributed by atoms with Crippen molar-refractivity contribution >= 4 is 10.8 Å². The van der Waals surface area contributed by atoms with Crippen LogP contribution in [0, 0.1) is 5.82 Å². The van der Waals surface area contributed by atoms with E-state index in [4.69, 9.17) is 4.74 Å². The molecule has 3 nitrogen and oxygen atoms in total. The highest BCUT2D eigenvalue weighted by molar-refractivity contribution is 7.85. The van der Waals surface area contributed by atoms with Crippen LogP contribution < -0.4 is 4.74 Å². The Morgan fingerprint density at radius 1 is 1.08 bits per heavy atom. The molecule has 138 valence electrons. The molecule has 0 saturated carbocycles. The van der Waals surface area contributed by atoms with Gasteiger partial charge in [-0.05, 0) is 78.6 Å². The van der Waals surface area contributed by atoms with Crippen molar-refractivity contribution in [3.8, 4) is 16.9 Å². The predicted octanol–water partition coefficient (Wildman–Crippen LogP) is 3.76. The molecule has 2 aromatic rings. The van der Waals surface area contributed by atoms with Crippen molar-refractivity contribution in [1.29, 1.82) is 0 Å². The molecule has 26 heavy (non-hydrogen) atoms. The number of aliphatic hydroxyl groups is 1. The van der Waals surface area contributed by atoms with E-state index in [2.05, 4.69) is 12.1 Å². The van der Waals surface area contributed by atoms with Crippen molar-refractivity contribution < 1.29 is 18.4 Å². The molecule has 0 amide bonds. The van der Waals surface area contributed by atoms with Gasteiger partial charge in [0, 0.05) is 27.9 Å². The third kappa shape index (κ3) is 3.55. The summed E-state index contributed by atoms with van der Waals surface area (Å²) in [6.45, 7) is -0.293. The molecule has 0 unspecified atom stereocenters. The number of fused-ring (bicyclic) bond motifs is 3. The maximum Gasteiger partial charge on any atom is 0.129 e. The van der Waals surface area contributed by atoms with Gasteiger partial charge in [0.05, 0.1) is 6.61 Å². The lowest BCUT2D eigenvalue weighted by Crippen LogP contribution is -2.27. The number of rotatable bonds is 3. The van der Waals surface area contributed by atoms with Gasteiger partial charge in [-0.3, -0.25) is 4.21 Å². The number of halogens is 1. The highest BCUT2D eigenvalue weighted by Gasteiger charge is 2.21. The summed E-state index contributed by atoms with van der Waals surface area (Å²) >= 11 is 0. The van der Waals surface area contributed by atoms with Crippen LogP contribution in [-0.2, 0) is 30.2 Å². The molecule has 0 aromatic heterocycles. The van der Waals surface area contributed by atoms with Gasteiger partial charge in [-0.25, -0.2) is 4.39 Å². The first-order valence-electron chi connectivity index (χ1n) is 9.21. The number of hydrogen-bond acceptors (Lipinski definition) is 3. The lowest BCUT2D eigenvalue weighted by molar-refractivity contribution is 0.191. The Balaban J connectivity index is 1.64. The summed E-state index contributed by atoms with van der Waals surface area (Å²) < 4.78 is 31.7. The number of aliphatic hydroxyl groups excluding tert-OH is 1. The van der Waals surface area contributed by atoms with Crippen molar-refractivity contribution in [2.24, 2.45) is 0 Å². The average molecular weight is 374 g/mol. The zero-order valence-electron chi connectivity index (χ0n) is 14.7. The number of benzene rings is 2. The van der Waals surface area contributed by atoms with E-state index in [0.717, 1.165) is 66.0 Å². The monoisotopic (exact) mass is 374 g/mol. The van der Waals surface area contributed by atoms with Crippen LogP contribution in [0.1, 0.15) is 36.0 Å². The van der Waals surface area contributed by atoms with Crippen molar-refractivity contribution in [2.75, 3.05) is 11.5 Å². The fourth-order valence-electron chi connectivity index (χ4n) is 3.90. The standard InChI is InChI=1S/C21H23FO3S/c22-21-12-15-3-1-2-14-10-18(25-17-6-8-26(24)9-7-17)4-5-19(14)20(15)11-16(21)13-23/h4-5,10-12,17,23H,1-3,6-9,13H2. The Labute approximate surface area is 155 Å². The minimum absolute atomic E-state index is 0.138. The van der Waals surface area contributed by atoms with E-state index in [0.29, 0.717) is 5.56 Å². The van der Waals surface area contributed by atoms with Crippen molar-refractivity contribution in [3.63, 3.8) is 0 Å². The topological polar surface area (TPSA) is 46.5 Å². The van der Waals surface area contributed by atoms with Crippen LogP contribution in [0.5, 0.6) is 5.75 Å². The van der Waals surface area contributed by atoms with E-state index in [9.17, 15) is 13.7 Å². The number of hydrogen-bond donors (Lipinski definition) is 1. The van der Waals surface area contributed by atoms with Gasteiger partial charge in [0.2, 0.25) is 0 Å². The molecule has 1 fully saturated rings. The second kappa shape index (κ2) is 7.49. The minimum Gasteiger partial charge on any atom is -0.490 e. The van der Waals surface area contributed by atoms with Gasteiger partial charge in [-0.2, -0.15) is 0 Å². The third-order valence-corrected chi connectivity index (χ3v) is 6.72. The van der Waals surface area contributed by atoms with Crippen LogP contribution in [0.3, 0.4) is 0 Å². The van der Waals surface area contributed by atoms with Crippen LogP contribution >= 0.6 is 0 Å². The first-order chi connectivity index (χ1) is 12.6. The van der Waals surface area contributed by atoms with Crippen LogP contribution in [0.25, 0.3) is 11.1 Å². The molecule has 0 atom stereocenters. The Morgan fingerprint density at radius 3 is 2.54 bits per heavy atom. The summed E-state index contributed by atoms with van der Waals surface area (Å²) in [6, 6.07) is 9.47. The third-order valence-electron chi connectivity index (χ3n) is 5.34. The summed E-state index contributed by atoms with van der Waals surface area (Å²) in [5.41, 5.74) is 4.66. The van der Waals surface area contributed by atoms with Crippen LogP contribution in [0.4, 0.5) is 4.39 Å². The maximum atomic E-state index is 14.0. The van der Waals surface area contributed by atoms with E-state index in [1.165, 1.54) is 5.56 Å². The molecule has 5 heteroatoms. The minimum atomic E-state index is -0.684. The Kier molecular flexibility index (Phi) is 5.09. The van der Waals surface area contributed by atoms with Crippen LogP contribution in [0.2, 0.25) is 0 Å². The lowest BCUT2D eigenvalue weighted by atomic mass is 9.94. The fraction of sp³-hybridized carbons (Fsp3) is 0.429. The van der Waals surface area contributed by atoms with Gasteiger partial charge in [-0.15, -0.1) is 0 Å². The van der Waals surface area contributed by atoms with Gasteiger partial charge < -0.3 is 9.84 Å². The SMILES string of the molecule is O=S1CCC(Oc2ccc3c(c2)CCCc2cc(F)c(CO)cc2-3)CC1. The summed E-state index contributed by atoms with van der Waals surface area (Å²) in [5.74, 6) is 1.97. The van der Waals surface area contributed by atoms with Crippen molar-refractivity contribution in [1.82, 2.24) is 0 Å². The number of aryl methyl sites for hydroxylation is 2. The van der Waals surface area contributed by atoms with E-state index >= 15 is 0 Å². The molecule has 4 rings (SSSR count). The molecular weight excluding hydrogens is 351 g/mol. The van der Waals surface area contributed by atoms with Crippen molar-refractivity contribution in [3.05, 3.63) is 52.8 Å². The van der Waals surface area contributed by atoms with Gasteiger partial charge in [-0.1, -0.05) is 6.07 Å². The second-order valence-corrected chi connectivity index (χ2v) is 8.79.